The van der Waals surface area contributed by atoms with E-state index in [9.17, 15) is 0 Å². The van der Waals surface area contributed by atoms with E-state index in [2.05, 4.69) is 84.5 Å². The maximum atomic E-state index is 3.62. The van der Waals surface area contributed by atoms with Gasteiger partial charge in [0.2, 0.25) is 0 Å². The van der Waals surface area contributed by atoms with Gasteiger partial charge in [0.05, 0.1) is 0 Å². The van der Waals surface area contributed by atoms with Crippen molar-refractivity contribution in [2.45, 2.75) is 39.8 Å². The highest BCUT2D eigenvalue weighted by molar-refractivity contribution is 9.10. The number of hydrogen-bond donors (Lipinski definition) is 1. The van der Waals surface area contributed by atoms with E-state index in [1.165, 1.54) is 16.7 Å². The second kappa shape index (κ2) is 7.77. The van der Waals surface area contributed by atoms with Gasteiger partial charge < -0.3 is 5.32 Å². The van der Waals surface area contributed by atoms with Gasteiger partial charge in [-0.05, 0) is 42.0 Å². The van der Waals surface area contributed by atoms with Crippen molar-refractivity contribution in [3.63, 3.8) is 0 Å². The van der Waals surface area contributed by atoms with Gasteiger partial charge in [0.1, 0.15) is 0 Å². The lowest BCUT2D eigenvalue weighted by Gasteiger charge is -2.16. The van der Waals surface area contributed by atoms with Crippen LogP contribution in [0.4, 0.5) is 0 Å². The van der Waals surface area contributed by atoms with Crippen LogP contribution in [-0.2, 0) is 13.0 Å². The van der Waals surface area contributed by atoms with E-state index in [0.717, 1.165) is 17.4 Å². The molecule has 0 amide bonds. The molecule has 0 radical (unpaired) electrons. The fraction of sp³-hybridized carbons (Fsp3) is 0.368. The minimum atomic E-state index is 0.330. The molecule has 0 spiro atoms. The van der Waals surface area contributed by atoms with Crippen LogP contribution in [0.2, 0.25) is 0 Å². The third kappa shape index (κ3) is 4.98. The predicted octanol–water partition coefficient (Wildman–Crippen LogP) is 5.50. The minimum Gasteiger partial charge on any atom is -0.306 e. The summed E-state index contributed by atoms with van der Waals surface area (Å²) < 4.78 is 1.16. The van der Waals surface area contributed by atoms with Crippen LogP contribution in [0.1, 0.15) is 43.5 Å². The molecule has 0 fully saturated rings. The normalized spacial score (nSPS) is 12.6. The zero-order valence-electron chi connectivity index (χ0n) is 13.1. The highest BCUT2D eigenvalue weighted by atomic mass is 79.9. The maximum absolute atomic E-state index is 3.62. The van der Waals surface area contributed by atoms with E-state index >= 15 is 0 Å². The fourth-order valence-corrected chi connectivity index (χ4v) is 3.10. The third-order valence-electron chi connectivity index (χ3n) is 3.65. The van der Waals surface area contributed by atoms with Crippen LogP contribution < -0.4 is 5.32 Å². The summed E-state index contributed by atoms with van der Waals surface area (Å²) in [5, 5.41) is 3.59. The SMILES string of the molecule is CC(C)Cc1ccc(CNC(C)c2ccccc2Br)cc1. The smallest absolute Gasteiger partial charge is 0.0306 e. The van der Waals surface area contributed by atoms with E-state index in [0.29, 0.717) is 12.0 Å². The van der Waals surface area contributed by atoms with Gasteiger partial charge in [-0.15, -0.1) is 0 Å². The monoisotopic (exact) mass is 345 g/mol. The van der Waals surface area contributed by atoms with Crippen LogP contribution in [-0.4, -0.2) is 0 Å². The second-order valence-electron chi connectivity index (χ2n) is 6.04. The average molecular weight is 346 g/mol. The summed E-state index contributed by atoms with van der Waals surface area (Å²) in [5.74, 6) is 0.712. The van der Waals surface area contributed by atoms with Gasteiger partial charge in [-0.1, -0.05) is 72.2 Å². The van der Waals surface area contributed by atoms with Crippen molar-refractivity contribution < 1.29 is 0 Å². The summed E-state index contributed by atoms with van der Waals surface area (Å²) in [7, 11) is 0. The molecule has 112 valence electrons. The molecule has 2 rings (SSSR count). The first-order valence-electron chi connectivity index (χ1n) is 7.62. The highest BCUT2D eigenvalue weighted by Gasteiger charge is 2.08. The van der Waals surface area contributed by atoms with Crippen LogP contribution in [0, 0.1) is 5.92 Å². The maximum Gasteiger partial charge on any atom is 0.0306 e. The van der Waals surface area contributed by atoms with E-state index in [1.807, 2.05) is 6.07 Å². The lowest BCUT2D eigenvalue weighted by Crippen LogP contribution is -2.18. The number of hydrogen-bond acceptors (Lipinski definition) is 1. The standard InChI is InChI=1S/C19H24BrN/c1-14(2)12-16-8-10-17(11-9-16)13-21-15(3)18-6-4-5-7-19(18)20/h4-11,14-15,21H,12-13H2,1-3H3. The molecule has 1 nitrogen and oxygen atoms in total. The molecule has 21 heavy (non-hydrogen) atoms. The molecule has 1 N–H and O–H groups in total. The highest BCUT2D eigenvalue weighted by Crippen LogP contribution is 2.23. The number of halogens is 1. The summed E-state index contributed by atoms with van der Waals surface area (Å²) in [6.07, 6.45) is 1.15. The number of benzene rings is 2. The van der Waals surface area contributed by atoms with Crippen molar-refractivity contribution in [3.8, 4) is 0 Å². The molecule has 0 saturated carbocycles. The minimum absolute atomic E-state index is 0.330. The zero-order chi connectivity index (χ0) is 15.2. The lowest BCUT2D eigenvalue weighted by molar-refractivity contribution is 0.572. The summed E-state index contributed by atoms with van der Waals surface area (Å²) >= 11 is 3.62. The summed E-state index contributed by atoms with van der Waals surface area (Å²) in [6.45, 7) is 7.61. The summed E-state index contributed by atoms with van der Waals surface area (Å²) in [6, 6.07) is 17.7. The Labute approximate surface area is 136 Å². The topological polar surface area (TPSA) is 12.0 Å². The van der Waals surface area contributed by atoms with E-state index < -0.39 is 0 Å². The first kappa shape index (κ1) is 16.3. The Bertz CT molecular complexity index is 560. The third-order valence-corrected chi connectivity index (χ3v) is 4.37. The van der Waals surface area contributed by atoms with Gasteiger partial charge in [0, 0.05) is 17.1 Å². The molecule has 1 unspecified atom stereocenters. The van der Waals surface area contributed by atoms with Gasteiger partial charge in [-0.2, -0.15) is 0 Å². The number of nitrogens with one attached hydrogen (secondary N) is 1. The van der Waals surface area contributed by atoms with Gasteiger partial charge in [-0.25, -0.2) is 0 Å². The van der Waals surface area contributed by atoms with Crippen molar-refractivity contribution >= 4 is 15.9 Å². The summed E-state index contributed by atoms with van der Waals surface area (Å²) in [5.41, 5.74) is 4.06. The van der Waals surface area contributed by atoms with Crippen molar-refractivity contribution in [2.24, 2.45) is 5.92 Å². The first-order valence-corrected chi connectivity index (χ1v) is 8.41. The molecular formula is C19H24BrN. The van der Waals surface area contributed by atoms with E-state index in [-0.39, 0.29) is 0 Å². The molecule has 0 aliphatic carbocycles. The van der Waals surface area contributed by atoms with Crippen molar-refractivity contribution in [1.82, 2.24) is 5.32 Å². The largest absolute Gasteiger partial charge is 0.306 e. The number of rotatable bonds is 6. The van der Waals surface area contributed by atoms with Crippen LogP contribution in [0.5, 0.6) is 0 Å². The van der Waals surface area contributed by atoms with Gasteiger partial charge in [-0.3, -0.25) is 0 Å². The molecule has 0 heterocycles. The molecule has 0 aromatic heterocycles. The molecule has 1 atom stereocenters. The Morgan fingerprint density at radius 3 is 2.14 bits per heavy atom. The Balaban J connectivity index is 1.92. The van der Waals surface area contributed by atoms with Crippen LogP contribution in [0.15, 0.2) is 53.0 Å². The second-order valence-corrected chi connectivity index (χ2v) is 6.89. The Morgan fingerprint density at radius 2 is 1.52 bits per heavy atom. The molecule has 0 aliphatic rings. The van der Waals surface area contributed by atoms with Gasteiger partial charge >= 0.3 is 0 Å². The molecular weight excluding hydrogens is 322 g/mol. The first-order chi connectivity index (χ1) is 10.1. The van der Waals surface area contributed by atoms with Crippen molar-refractivity contribution in [1.29, 1.82) is 0 Å². The molecule has 0 bridgehead atoms. The molecule has 0 saturated heterocycles. The Hall–Kier alpha value is -1.12. The molecule has 0 aliphatic heterocycles. The predicted molar refractivity (Wildman–Crippen MR) is 94.4 cm³/mol. The molecule has 2 aromatic carbocycles. The van der Waals surface area contributed by atoms with E-state index in [4.69, 9.17) is 0 Å². The Kier molecular flexibility index (Phi) is 6.01. The van der Waals surface area contributed by atoms with Gasteiger partial charge in [0.25, 0.3) is 0 Å². The van der Waals surface area contributed by atoms with Crippen molar-refractivity contribution in [2.75, 3.05) is 0 Å². The zero-order valence-corrected chi connectivity index (χ0v) is 14.7. The Morgan fingerprint density at radius 1 is 0.905 bits per heavy atom. The van der Waals surface area contributed by atoms with Crippen LogP contribution in [0.3, 0.4) is 0 Å². The van der Waals surface area contributed by atoms with E-state index in [1.54, 1.807) is 0 Å². The molecule has 2 heteroatoms. The van der Waals surface area contributed by atoms with Crippen LogP contribution in [0.25, 0.3) is 0 Å². The molecule has 2 aromatic rings. The quantitative estimate of drug-likeness (QED) is 0.728. The lowest BCUT2D eigenvalue weighted by atomic mass is 10.0. The van der Waals surface area contributed by atoms with Gasteiger partial charge in [0.15, 0.2) is 0 Å². The van der Waals surface area contributed by atoms with Crippen LogP contribution >= 0.6 is 15.9 Å². The summed E-state index contributed by atoms with van der Waals surface area (Å²) in [4.78, 5) is 0. The fourth-order valence-electron chi connectivity index (χ4n) is 2.47. The average Bonchev–Trinajstić information content (AvgIpc) is 2.46. The van der Waals surface area contributed by atoms with Crippen molar-refractivity contribution in [3.05, 3.63) is 69.7 Å².